The van der Waals surface area contributed by atoms with Crippen LogP contribution in [0.4, 0.5) is 0 Å². The minimum absolute atomic E-state index is 0.240. The lowest BCUT2D eigenvalue weighted by Gasteiger charge is -2.21. The van der Waals surface area contributed by atoms with E-state index in [1.807, 2.05) is 36.4 Å². The van der Waals surface area contributed by atoms with Gasteiger partial charge in [-0.2, -0.15) is 0 Å². The fourth-order valence-corrected chi connectivity index (χ4v) is 12.1. The van der Waals surface area contributed by atoms with E-state index in [0.717, 1.165) is 50.3 Å². The van der Waals surface area contributed by atoms with E-state index in [1.54, 1.807) is 0 Å². The zero-order valence-electron chi connectivity index (χ0n) is 40.8. The minimum Gasteiger partial charge on any atom is -0.309 e. The fourth-order valence-electron chi connectivity index (χ4n) is 12.1. The second-order valence-corrected chi connectivity index (χ2v) is 20.0. The van der Waals surface area contributed by atoms with Gasteiger partial charge >= 0.3 is 0 Å². The largest absolute Gasteiger partial charge is 0.309 e. The summed E-state index contributed by atoms with van der Waals surface area (Å²) >= 11 is 0. The summed E-state index contributed by atoms with van der Waals surface area (Å²) in [5.41, 5.74) is 19.2. The molecule has 4 aromatic heterocycles. The van der Waals surface area contributed by atoms with E-state index in [2.05, 4.69) is 234 Å². The van der Waals surface area contributed by atoms with Crippen LogP contribution in [0.2, 0.25) is 0 Å². The summed E-state index contributed by atoms with van der Waals surface area (Å²) in [6.07, 6.45) is 0. The third-order valence-corrected chi connectivity index (χ3v) is 15.4. The van der Waals surface area contributed by atoms with Gasteiger partial charge in [-0.25, -0.2) is 15.0 Å². The summed E-state index contributed by atoms with van der Waals surface area (Å²) in [6.45, 7) is 4.77. The Bertz CT molecular complexity index is 4490. The Kier molecular flexibility index (Phi) is 9.20. The molecule has 74 heavy (non-hydrogen) atoms. The second-order valence-electron chi connectivity index (χ2n) is 20.0. The molecule has 0 N–H and O–H groups in total. The van der Waals surface area contributed by atoms with E-state index in [0.29, 0.717) is 17.5 Å². The predicted molar refractivity (Wildman–Crippen MR) is 305 cm³/mol. The molecule has 6 nitrogen and oxygen atoms in total. The third-order valence-electron chi connectivity index (χ3n) is 15.4. The van der Waals surface area contributed by atoms with Gasteiger partial charge < -0.3 is 13.7 Å². The van der Waals surface area contributed by atoms with Crippen LogP contribution in [0.1, 0.15) is 25.0 Å². The van der Waals surface area contributed by atoms with Crippen LogP contribution in [0.5, 0.6) is 0 Å². The molecule has 0 unspecified atom stereocenters. The minimum atomic E-state index is -0.240. The highest BCUT2D eigenvalue weighted by Gasteiger charge is 2.41. The highest BCUT2D eigenvalue weighted by Crippen LogP contribution is 2.55. The molecular weight excluding hydrogens is 901 g/mol. The molecule has 0 spiro atoms. The van der Waals surface area contributed by atoms with Crippen molar-refractivity contribution in [1.29, 1.82) is 0 Å². The average molecular weight is 947 g/mol. The topological polar surface area (TPSA) is 53.5 Å². The first-order chi connectivity index (χ1) is 36.5. The Hall–Kier alpha value is -9.65. The van der Waals surface area contributed by atoms with E-state index in [-0.39, 0.29) is 5.41 Å². The van der Waals surface area contributed by atoms with Crippen molar-refractivity contribution in [2.75, 3.05) is 0 Å². The molecule has 0 saturated heterocycles. The summed E-state index contributed by atoms with van der Waals surface area (Å²) in [7, 11) is 0. The smallest absolute Gasteiger partial charge is 0.164 e. The van der Waals surface area contributed by atoms with Crippen LogP contribution in [0, 0.1) is 0 Å². The van der Waals surface area contributed by atoms with E-state index in [1.165, 1.54) is 71.4 Å². The molecule has 0 aliphatic heterocycles. The Morgan fingerprint density at radius 1 is 0.311 bits per heavy atom. The summed E-state index contributed by atoms with van der Waals surface area (Å²) in [5.74, 6) is 1.88. The molecule has 0 radical (unpaired) electrons. The van der Waals surface area contributed by atoms with Gasteiger partial charge in [0.1, 0.15) is 0 Å². The number of hydrogen-bond acceptors (Lipinski definition) is 3. The number of benzene rings is 10. The van der Waals surface area contributed by atoms with Crippen molar-refractivity contribution in [3.8, 4) is 73.6 Å². The van der Waals surface area contributed by atoms with Gasteiger partial charge in [0.2, 0.25) is 0 Å². The van der Waals surface area contributed by atoms with Crippen LogP contribution in [0.25, 0.3) is 128 Å². The van der Waals surface area contributed by atoms with Crippen molar-refractivity contribution in [1.82, 2.24) is 28.7 Å². The molecule has 1 aliphatic rings. The number of fused-ring (bicyclic) bond motifs is 12. The maximum atomic E-state index is 5.19. The Morgan fingerprint density at radius 3 is 1.45 bits per heavy atom. The Labute approximate surface area is 427 Å². The zero-order valence-corrected chi connectivity index (χ0v) is 40.8. The van der Waals surface area contributed by atoms with Crippen LogP contribution < -0.4 is 0 Å². The van der Waals surface area contributed by atoms with Gasteiger partial charge in [-0.05, 0) is 89.0 Å². The molecule has 1 aliphatic carbocycles. The lowest BCUT2D eigenvalue weighted by atomic mass is 9.81. The average Bonchev–Trinajstić information content (AvgIpc) is 4.29. The molecule has 6 heteroatoms. The Morgan fingerprint density at radius 2 is 0.784 bits per heavy atom. The summed E-state index contributed by atoms with van der Waals surface area (Å²) in [6, 6.07) is 87.2. The highest BCUT2D eigenvalue weighted by atomic mass is 15.1. The van der Waals surface area contributed by atoms with Gasteiger partial charge in [0.15, 0.2) is 17.5 Å². The van der Waals surface area contributed by atoms with Crippen molar-refractivity contribution in [3.05, 3.63) is 254 Å². The molecular formula is C68H46N6. The quantitative estimate of drug-likeness (QED) is 0.160. The van der Waals surface area contributed by atoms with Gasteiger partial charge in [0, 0.05) is 71.7 Å². The van der Waals surface area contributed by atoms with Crippen molar-refractivity contribution < 1.29 is 0 Å². The van der Waals surface area contributed by atoms with E-state index in [9.17, 15) is 0 Å². The van der Waals surface area contributed by atoms with E-state index < -0.39 is 0 Å². The summed E-state index contributed by atoms with van der Waals surface area (Å²) < 4.78 is 7.41. The number of para-hydroxylation sites is 3. The second kappa shape index (κ2) is 16.2. The number of aromatic nitrogens is 6. The fraction of sp³-hybridized carbons (Fsp3) is 0.0441. The molecule has 0 atom stereocenters. The number of nitrogens with zero attached hydrogens (tertiary/aromatic N) is 6. The van der Waals surface area contributed by atoms with Crippen molar-refractivity contribution in [2.24, 2.45) is 0 Å². The molecule has 14 aromatic rings. The van der Waals surface area contributed by atoms with Crippen LogP contribution >= 0.6 is 0 Å². The SMILES string of the molecule is CC1(C)c2ccccc2-c2c1c1ccc3c4cc(-c5ccc6c(c5)c5ccccc5n6-c5ccccc5)ccc4n(-c4cccc(-c5nc(-c6ccccc6)nc(-c6ccccc6)n5)c4)c3c1n2-c1ccccc1. The van der Waals surface area contributed by atoms with Gasteiger partial charge in [-0.15, -0.1) is 0 Å². The normalized spacial score (nSPS) is 12.8. The van der Waals surface area contributed by atoms with Crippen LogP contribution in [-0.4, -0.2) is 28.7 Å². The van der Waals surface area contributed by atoms with Gasteiger partial charge in [0.25, 0.3) is 0 Å². The first-order valence-corrected chi connectivity index (χ1v) is 25.4. The standard InChI is InChI=1S/C68H46N6/c1-68(2)57-32-17-15-31-53(57)62-61(68)54-37-36-52-56-42-46(45-34-38-59-55(41-45)51-30-16-18-33-58(51)72(59)48-25-11-5-12-26-48)35-39-60(56)73(63(52)64(54)74(62)49-27-13-6-14-28-49)50-29-19-24-47(40-50)67-70-65(43-20-7-3-8-21-43)69-66(71-67)44-22-9-4-10-23-44/h3-42H,1-2H3. The van der Waals surface area contributed by atoms with Crippen molar-refractivity contribution >= 4 is 54.5 Å². The third kappa shape index (κ3) is 6.28. The maximum Gasteiger partial charge on any atom is 0.164 e. The van der Waals surface area contributed by atoms with Crippen LogP contribution in [-0.2, 0) is 5.41 Å². The molecule has 0 amide bonds. The van der Waals surface area contributed by atoms with E-state index >= 15 is 0 Å². The molecule has 4 heterocycles. The van der Waals surface area contributed by atoms with Crippen molar-refractivity contribution in [2.45, 2.75) is 19.3 Å². The number of hydrogen-bond donors (Lipinski definition) is 0. The molecule has 0 saturated carbocycles. The zero-order chi connectivity index (χ0) is 49.1. The monoisotopic (exact) mass is 946 g/mol. The van der Waals surface area contributed by atoms with Crippen LogP contribution in [0.15, 0.2) is 243 Å². The maximum absolute atomic E-state index is 5.19. The molecule has 348 valence electrons. The molecule has 10 aromatic carbocycles. The van der Waals surface area contributed by atoms with Gasteiger partial charge in [-0.1, -0.05) is 190 Å². The Balaban J connectivity index is 1.01. The van der Waals surface area contributed by atoms with Crippen LogP contribution in [0.3, 0.4) is 0 Å². The summed E-state index contributed by atoms with van der Waals surface area (Å²) in [4.78, 5) is 15.4. The highest BCUT2D eigenvalue weighted by molar-refractivity contribution is 6.21. The first kappa shape index (κ1) is 42.1. The molecule has 0 bridgehead atoms. The lowest BCUT2D eigenvalue weighted by Crippen LogP contribution is -2.14. The number of rotatable bonds is 7. The predicted octanol–water partition coefficient (Wildman–Crippen LogP) is 17.0. The van der Waals surface area contributed by atoms with E-state index in [4.69, 9.17) is 15.0 Å². The summed E-state index contributed by atoms with van der Waals surface area (Å²) in [5, 5.41) is 6.06. The molecule has 0 fully saturated rings. The first-order valence-electron chi connectivity index (χ1n) is 25.4. The lowest BCUT2D eigenvalue weighted by molar-refractivity contribution is 0.666. The molecule has 15 rings (SSSR count). The van der Waals surface area contributed by atoms with Gasteiger partial charge in [-0.3, -0.25) is 0 Å². The van der Waals surface area contributed by atoms with Gasteiger partial charge in [0.05, 0.1) is 33.3 Å². The van der Waals surface area contributed by atoms with Crippen molar-refractivity contribution in [3.63, 3.8) is 0 Å².